The Balaban J connectivity index is 2.24. The number of nitrogens with zero attached hydrogens (tertiary/aromatic N) is 2. The fourth-order valence-electron chi connectivity index (χ4n) is 3.91. The minimum atomic E-state index is -3.76. The second-order valence-electron chi connectivity index (χ2n) is 8.93. The standard InChI is InChI=1S/C26H36FN3O4S/c1-6-23(26(32)28-19(2)3)29(18-21-13-8-7-12-20(21)4)25(31)16-11-17-30(35(5,33)34)24-15-10-9-14-22(24)27/h7-10,12-15,19,23H,6,11,16-18H2,1-5H3,(H,28,32)/t23-/m1/s1. The van der Waals surface area contributed by atoms with E-state index in [1.54, 1.807) is 11.0 Å². The molecule has 0 aromatic heterocycles. The van der Waals surface area contributed by atoms with E-state index in [4.69, 9.17) is 0 Å². The van der Waals surface area contributed by atoms with Crippen molar-refractivity contribution >= 4 is 27.5 Å². The normalized spacial score (nSPS) is 12.3. The topological polar surface area (TPSA) is 86.8 Å². The molecule has 2 amide bonds. The Kier molecular flexibility index (Phi) is 10.2. The van der Waals surface area contributed by atoms with Gasteiger partial charge in [0.2, 0.25) is 21.8 Å². The van der Waals surface area contributed by atoms with Crippen molar-refractivity contribution in [2.45, 2.75) is 65.6 Å². The van der Waals surface area contributed by atoms with Crippen molar-refractivity contribution in [3.8, 4) is 0 Å². The molecular formula is C26H36FN3O4S. The van der Waals surface area contributed by atoms with Gasteiger partial charge in [-0.2, -0.15) is 0 Å². The van der Waals surface area contributed by atoms with Crippen LogP contribution in [-0.4, -0.2) is 50.0 Å². The summed E-state index contributed by atoms with van der Waals surface area (Å²) in [5.41, 5.74) is 1.88. The van der Waals surface area contributed by atoms with Crippen LogP contribution in [0.2, 0.25) is 0 Å². The third kappa shape index (κ3) is 8.06. The molecule has 7 nitrogen and oxygen atoms in total. The number of anilines is 1. The molecular weight excluding hydrogens is 469 g/mol. The molecule has 0 spiro atoms. The Morgan fingerprint density at radius 2 is 1.69 bits per heavy atom. The molecule has 0 aliphatic carbocycles. The zero-order valence-corrected chi connectivity index (χ0v) is 21.9. The summed E-state index contributed by atoms with van der Waals surface area (Å²) < 4.78 is 39.9. The van der Waals surface area contributed by atoms with Crippen LogP contribution in [0, 0.1) is 12.7 Å². The molecule has 0 heterocycles. The first kappa shape index (κ1) is 28.3. The molecule has 0 radical (unpaired) electrons. The molecule has 1 N–H and O–H groups in total. The first-order chi connectivity index (χ1) is 16.5. The number of benzene rings is 2. The molecule has 9 heteroatoms. The Bertz CT molecular complexity index is 1120. The maximum atomic E-state index is 14.3. The summed E-state index contributed by atoms with van der Waals surface area (Å²) in [6.45, 7) is 7.73. The molecule has 0 aliphatic rings. The number of hydrogen-bond acceptors (Lipinski definition) is 4. The third-order valence-corrected chi connectivity index (χ3v) is 6.87. The first-order valence-electron chi connectivity index (χ1n) is 11.8. The van der Waals surface area contributed by atoms with Crippen LogP contribution < -0.4 is 9.62 Å². The highest BCUT2D eigenvalue weighted by Gasteiger charge is 2.29. The zero-order chi connectivity index (χ0) is 26.2. The lowest BCUT2D eigenvalue weighted by Gasteiger charge is -2.32. The van der Waals surface area contributed by atoms with Gasteiger partial charge in [0.15, 0.2) is 0 Å². The van der Waals surface area contributed by atoms with Crippen LogP contribution in [0.3, 0.4) is 0 Å². The van der Waals surface area contributed by atoms with E-state index in [1.807, 2.05) is 52.0 Å². The van der Waals surface area contributed by atoms with Crippen molar-refractivity contribution in [2.24, 2.45) is 0 Å². The molecule has 192 valence electrons. The fraction of sp³-hybridized carbons (Fsp3) is 0.462. The lowest BCUT2D eigenvalue weighted by atomic mass is 10.0. The number of hydrogen-bond donors (Lipinski definition) is 1. The van der Waals surface area contributed by atoms with Gasteiger partial charge >= 0.3 is 0 Å². The van der Waals surface area contributed by atoms with Gasteiger partial charge in [0.05, 0.1) is 11.9 Å². The van der Waals surface area contributed by atoms with Crippen LogP contribution >= 0.6 is 0 Å². The van der Waals surface area contributed by atoms with Crippen molar-refractivity contribution in [2.75, 3.05) is 17.1 Å². The van der Waals surface area contributed by atoms with Crippen LogP contribution in [0.5, 0.6) is 0 Å². The fourth-order valence-corrected chi connectivity index (χ4v) is 4.87. The molecule has 0 bridgehead atoms. The number of amides is 2. The van der Waals surface area contributed by atoms with Gasteiger partial charge in [-0.3, -0.25) is 13.9 Å². The predicted octanol–water partition coefficient (Wildman–Crippen LogP) is 4.01. The largest absolute Gasteiger partial charge is 0.352 e. The van der Waals surface area contributed by atoms with Crippen molar-refractivity contribution in [3.63, 3.8) is 0 Å². The van der Waals surface area contributed by atoms with Crippen LogP contribution in [0.1, 0.15) is 51.2 Å². The van der Waals surface area contributed by atoms with E-state index < -0.39 is 21.9 Å². The van der Waals surface area contributed by atoms with E-state index in [0.717, 1.165) is 21.7 Å². The lowest BCUT2D eigenvalue weighted by Crippen LogP contribution is -2.50. The molecule has 1 atom stereocenters. The summed E-state index contributed by atoms with van der Waals surface area (Å²) in [6, 6.07) is 12.6. The highest BCUT2D eigenvalue weighted by molar-refractivity contribution is 7.92. The summed E-state index contributed by atoms with van der Waals surface area (Å²) >= 11 is 0. The van der Waals surface area contributed by atoms with Gasteiger partial charge in [-0.1, -0.05) is 43.3 Å². The second-order valence-corrected chi connectivity index (χ2v) is 10.8. The van der Waals surface area contributed by atoms with Gasteiger partial charge in [0, 0.05) is 25.6 Å². The van der Waals surface area contributed by atoms with Gasteiger partial charge in [-0.25, -0.2) is 12.8 Å². The van der Waals surface area contributed by atoms with Crippen LogP contribution in [0.4, 0.5) is 10.1 Å². The summed E-state index contributed by atoms with van der Waals surface area (Å²) in [4.78, 5) is 27.9. The van der Waals surface area contributed by atoms with Crippen molar-refractivity contribution in [3.05, 3.63) is 65.5 Å². The molecule has 0 fully saturated rings. The second kappa shape index (κ2) is 12.7. The van der Waals surface area contributed by atoms with Crippen molar-refractivity contribution in [1.82, 2.24) is 10.2 Å². The van der Waals surface area contributed by atoms with Crippen molar-refractivity contribution < 1.29 is 22.4 Å². The number of carbonyl (C=O) groups is 2. The smallest absolute Gasteiger partial charge is 0.243 e. The van der Waals surface area contributed by atoms with E-state index in [1.165, 1.54) is 18.2 Å². The number of sulfonamides is 1. The minimum Gasteiger partial charge on any atom is -0.352 e. The van der Waals surface area contributed by atoms with Gasteiger partial charge in [-0.05, 0) is 56.9 Å². The minimum absolute atomic E-state index is 0.0117. The highest BCUT2D eigenvalue weighted by Crippen LogP contribution is 2.23. The average Bonchev–Trinajstić information content (AvgIpc) is 2.77. The Hall–Kier alpha value is -2.94. The molecule has 2 aromatic carbocycles. The summed E-state index contributed by atoms with van der Waals surface area (Å²) in [7, 11) is -3.76. The maximum absolute atomic E-state index is 14.3. The maximum Gasteiger partial charge on any atom is 0.243 e. The molecule has 0 saturated heterocycles. The van der Waals surface area contributed by atoms with Gasteiger partial charge < -0.3 is 10.2 Å². The first-order valence-corrected chi connectivity index (χ1v) is 13.7. The average molecular weight is 506 g/mol. The Labute approximate surface area is 208 Å². The van der Waals surface area contributed by atoms with E-state index in [2.05, 4.69) is 5.32 Å². The molecule has 2 rings (SSSR count). The Morgan fingerprint density at radius 3 is 2.26 bits per heavy atom. The Morgan fingerprint density at radius 1 is 1.06 bits per heavy atom. The molecule has 0 saturated carbocycles. The van der Waals surface area contributed by atoms with E-state index in [0.29, 0.717) is 6.42 Å². The molecule has 0 aliphatic heterocycles. The van der Waals surface area contributed by atoms with Crippen LogP contribution in [0.25, 0.3) is 0 Å². The number of nitrogens with one attached hydrogen (secondary N) is 1. The highest BCUT2D eigenvalue weighted by atomic mass is 32.2. The summed E-state index contributed by atoms with van der Waals surface area (Å²) in [6.07, 6.45) is 1.63. The van der Waals surface area contributed by atoms with Gasteiger partial charge in [0.1, 0.15) is 11.9 Å². The lowest BCUT2D eigenvalue weighted by molar-refractivity contribution is -0.141. The van der Waals surface area contributed by atoms with Crippen LogP contribution in [0.15, 0.2) is 48.5 Å². The van der Waals surface area contributed by atoms with E-state index in [-0.39, 0.29) is 49.5 Å². The quantitative estimate of drug-likeness (QED) is 0.472. The number of carbonyl (C=O) groups excluding carboxylic acids is 2. The number of halogens is 1. The van der Waals surface area contributed by atoms with Gasteiger partial charge in [0.25, 0.3) is 0 Å². The van der Waals surface area contributed by atoms with Gasteiger partial charge in [-0.15, -0.1) is 0 Å². The van der Waals surface area contributed by atoms with E-state index in [9.17, 15) is 22.4 Å². The molecule has 2 aromatic rings. The van der Waals surface area contributed by atoms with E-state index >= 15 is 0 Å². The summed E-state index contributed by atoms with van der Waals surface area (Å²) in [5.74, 6) is -1.14. The predicted molar refractivity (Wildman–Crippen MR) is 137 cm³/mol. The number of rotatable bonds is 12. The van der Waals surface area contributed by atoms with Crippen LogP contribution in [-0.2, 0) is 26.2 Å². The zero-order valence-electron chi connectivity index (χ0n) is 21.1. The third-order valence-electron chi connectivity index (χ3n) is 5.69. The summed E-state index contributed by atoms with van der Waals surface area (Å²) in [5, 5.41) is 2.89. The SMILES string of the molecule is CC[C@H](C(=O)NC(C)C)N(Cc1ccccc1C)C(=O)CCCN(c1ccccc1F)S(C)(=O)=O. The molecule has 0 unspecified atom stereocenters. The molecule has 35 heavy (non-hydrogen) atoms. The number of aryl methyl sites for hydroxylation is 1. The number of para-hydroxylation sites is 1. The monoisotopic (exact) mass is 505 g/mol. The van der Waals surface area contributed by atoms with Crippen molar-refractivity contribution in [1.29, 1.82) is 0 Å².